The summed E-state index contributed by atoms with van der Waals surface area (Å²) in [7, 11) is 1.65. The van der Waals surface area contributed by atoms with Crippen LogP contribution in [0.1, 0.15) is 27.7 Å². The molecule has 0 aliphatic rings. The fraction of sp³-hybridized carbons (Fsp3) is 0.889. The molecule has 72 valence electrons. The maximum atomic E-state index is 10.6. The predicted molar refractivity (Wildman–Crippen MR) is 46.9 cm³/mol. The lowest BCUT2D eigenvalue weighted by Crippen LogP contribution is -2.29. The molecule has 3 atom stereocenters. The van der Waals surface area contributed by atoms with Crippen LogP contribution in [0.2, 0.25) is 0 Å². The monoisotopic (exact) mass is 174 g/mol. The standard InChI is InChI=1S/C9H18O3/c1-6(7(2)11-5)8(3)12-9(4)10/h6-8H,1-5H3. The molecule has 0 radical (unpaired) electrons. The largest absolute Gasteiger partial charge is 0.462 e. The molecule has 0 aliphatic heterocycles. The van der Waals surface area contributed by atoms with Gasteiger partial charge in [-0.15, -0.1) is 0 Å². The zero-order valence-electron chi connectivity index (χ0n) is 8.46. The Morgan fingerprint density at radius 2 is 1.67 bits per heavy atom. The van der Waals surface area contributed by atoms with E-state index in [-0.39, 0.29) is 24.1 Å². The first-order valence-electron chi connectivity index (χ1n) is 4.19. The zero-order valence-corrected chi connectivity index (χ0v) is 8.46. The van der Waals surface area contributed by atoms with Crippen LogP contribution < -0.4 is 0 Å². The van der Waals surface area contributed by atoms with Gasteiger partial charge in [0.05, 0.1) is 6.10 Å². The molecular weight excluding hydrogens is 156 g/mol. The van der Waals surface area contributed by atoms with Crippen LogP contribution in [0.15, 0.2) is 0 Å². The first kappa shape index (κ1) is 11.4. The molecule has 3 nitrogen and oxygen atoms in total. The summed E-state index contributed by atoms with van der Waals surface area (Å²) >= 11 is 0. The van der Waals surface area contributed by atoms with E-state index in [9.17, 15) is 4.79 Å². The number of hydrogen-bond donors (Lipinski definition) is 0. The molecule has 0 saturated heterocycles. The summed E-state index contributed by atoms with van der Waals surface area (Å²) in [6, 6.07) is 0. The molecule has 0 aromatic heterocycles. The van der Waals surface area contributed by atoms with Crippen LogP contribution in [0.25, 0.3) is 0 Å². The fourth-order valence-corrected chi connectivity index (χ4v) is 0.965. The third-order valence-corrected chi connectivity index (χ3v) is 2.20. The Morgan fingerprint density at radius 1 is 1.17 bits per heavy atom. The van der Waals surface area contributed by atoms with Crippen LogP contribution in [0.4, 0.5) is 0 Å². The van der Waals surface area contributed by atoms with Crippen molar-refractivity contribution in [3.63, 3.8) is 0 Å². The number of carbonyl (C=O) groups excluding carboxylic acids is 1. The molecule has 0 aromatic carbocycles. The van der Waals surface area contributed by atoms with Crippen molar-refractivity contribution in [2.75, 3.05) is 7.11 Å². The maximum Gasteiger partial charge on any atom is 0.302 e. The van der Waals surface area contributed by atoms with Crippen LogP contribution in [0.3, 0.4) is 0 Å². The summed E-state index contributed by atoms with van der Waals surface area (Å²) in [5, 5.41) is 0. The number of hydrogen-bond acceptors (Lipinski definition) is 3. The van der Waals surface area contributed by atoms with Crippen molar-refractivity contribution in [2.45, 2.75) is 39.9 Å². The van der Waals surface area contributed by atoms with E-state index in [0.717, 1.165) is 0 Å². The normalized spacial score (nSPS) is 18.1. The summed E-state index contributed by atoms with van der Waals surface area (Å²) in [4.78, 5) is 10.6. The number of methoxy groups -OCH3 is 1. The highest BCUT2D eigenvalue weighted by molar-refractivity contribution is 5.66. The van der Waals surface area contributed by atoms with E-state index in [1.807, 2.05) is 20.8 Å². The van der Waals surface area contributed by atoms with Gasteiger partial charge >= 0.3 is 5.97 Å². The van der Waals surface area contributed by atoms with Crippen LogP contribution in [0, 0.1) is 5.92 Å². The summed E-state index contributed by atoms with van der Waals surface area (Å²) in [6.45, 7) is 7.26. The average molecular weight is 174 g/mol. The van der Waals surface area contributed by atoms with Gasteiger partial charge < -0.3 is 9.47 Å². The van der Waals surface area contributed by atoms with Crippen LogP contribution in [0.5, 0.6) is 0 Å². The third kappa shape index (κ3) is 3.72. The Hall–Kier alpha value is -0.570. The van der Waals surface area contributed by atoms with Gasteiger partial charge in [0.2, 0.25) is 0 Å². The second-order valence-electron chi connectivity index (χ2n) is 3.11. The third-order valence-electron chi connectivity index (χ3n) is 2.20. The Labute approximate surface area is 74.0 Å². The highest BCUT2D eigenvalue weighted by Crippen LogP contribution is 2.13. The molecule has 0 bridgehead atoms. The molecule has 0 rings (SSSR count). The van der Waals surface area contributed by atoms with E-state index in [2.05, 4.69) is 0 Å². The Kier molecular flexibility index (Phi) is 4.90. The van der Waals surface area contributed by atoms with E-state index in [0.29, 0.717) is 0 Å². The van der Waals surface area contributed by atoms with Crippen LogP contribution in [-0.4, -0.2) is 25.3 Å². The van der Waals surface area contributed by atoms with E-state index in [4.69, 9.17) is 9.47 Å². The molecule has 0 heterocycles. The van der Waals surface area contributed by atoms with Gasteiger partial charge in [0, 0.05) is 20.0 Å². The van der Waals surface area contributed by atoms with Gasteiger partial charge in [0.1, 0.15) is 6.10 Å². The highest BCUT2D eigenvalue weighted by Gasteiger charge is 2.20. The van der Waals surface area contributed by atoms with Crippen molar-refractivity contribution in [2.24, 2.45) is 5.92 Å². The van der Waals surface area contributed by atoms with Gasteiger partial charge in [0.25, 0.3) is 0 Å². The summed E-state index contributed by atoms with van der Waals surface area (Å²) in [5.74, 6) is -0.0171. The first-order valence-corrected chi connectivity index (χ1v) is 4.19. The van der Waals surface area contributed by atoms with Crippen LogP contribution in [-0.2, 0) is 14.3 Å². The molecule has 0 saturated carbocycles. The molecule has 0 aromatic rings. The Bertz CT molecular complexity index is 145. The van der Waals surface area contributed by atoms with Crippen molar-refractivity contribution in [3.05, 3.63) is 0 Å². The van der Waals surface area contributed by atoms with Gasteiger partial charge in [0.15, 0.2) is 0 Å². The Morgan fingerprint density at radius 3 is 2.00 bits per heavy atom. The van der Waals surface area contributed by atoms with E-state index >= 15 is 0 Å². The average Bonchev–Trinajstić information content (AvgIpc) is 2.00. The maximum absolute atomic E-state index is 10.6. The van der Waals surface area contributed by atoms with Crippen molar-refractivity contribution in [3.8, 4) is 0 Å². The SMILES string of the molecule is COC(C)C(C)C(C)OC(C)=O. The van der Waals surface area contributed by atoms with Crippen molar-refractivity contribution in [1.29, 1.82) is 0 Å². The smallest absolute Gasteiger partial charge is 0.302 e. The molecular formula is C9H18O3. The molecule has 12 heavy (non-hydrogen) atoms. The second-order valence-corrected chi connectivity index (χ2v) is 3.11. The fourth-order valence-electron chi connectivity index (χ4n) is 0.965. The van der Waals surface area contributed by atoms with Gasteiger partial charge in [-0.05, 0) is 13.8 Å². The quantitative estimate of drug-likeness (QED) is 0.607. The van der Waals surface area contributed by atoms with E-state index in [1.165, 1.54) is 6.92 Å². The molecule has 0 fully saturated rings. The van der Waals surface area contributed by atoms with Gasteiger partial charge in [-0.2, -0.15) is 0 Å². The number of carbonyl (C=O) groups is 1. The lowest BCUT2D eigenvalue weighted by molar-refractivity contribution is -0.149. The molecule has 0 N–H and O–H groups in total. The zero-order chi connectivity index (χ0) is 9.72. The minimum atomic E-state index is -0.238. The van der Waals surface area contributed by atoms with E-state index in [1.54, 1.807) is 7.11 Å². The van der Waals surface area contributed by atoms with Crippen molar-refractivity contribution < 1.29 is 14.3 Å². The van der Waals surface area contributed by atoms with Gasteiger partial charge in [-0.3, -0.25) is 4.79 Å². The predicted octanol–water partition coefficient (Wildman–Crippen LogP) is 1.61. The van der Waals surface area contributed by atoms with Gasteiger partial charge in [-0.25, -0.2) is 0 Å². The minimum absolute atomic E-state index is 0.0857. The van der Waals surface area contributed by atoms with Crippen molar-refractivity contribution >= 4 is 5.97 Å². The molecule has 0 spiro atoms. The van der Waals surface area contributed by atoms with Gasteiger partial charge in [-0.1, -0.05) is 6.92 Å². The van der Waals surface area contributed by atoms with Crippen LogP contribution >= 0.6 is 0 Å². The lowest BCUT2D eigenvalue weighted by Gasteiger charge is -2.24. The Balaban J connectivity index is 3.91. The summed E-state index contributed by atoms with van der Waals surface area (Å²) < 4.78 is 10.1. The molecule has 0 amide bonds. The topological polar surface area (TPSA) is 35.5 Å². The summed E-state index contributed by atoms with van der Waals surface area (Å²) in [6.07, 6.45) is 0.0248. The lowest BCUT2D eigenvalue weighted by atomic mass is 10.0. The second kappa shape index (κ2) is 5.14. The number of rotatable bonds is 4. The number of esters is 1. The first-order chi connectivity index (χ1) is 5.49. The van der Waals surface area contributed by atoms with Crippen molar-refractivity contribution in [1.82, 2.24) is 0 Å². The molecule has 0 aliphatic carbocycles. The number of ether oxygens (including phenoxy) is 2. The minimum Gasteiger partial charge on any atom is -0.462 e. The summed E-state index contributed by atoms with van der Waals surface area (Å²) in [5.41, 5.74) is 0. The molecule has 3 unspecified atom stereocenters. The molecule has 3 heteroatoms. The highest BCUT2D eigenvalue weighted by atomic mass is 16.5. The van der Waals surface area contributed by atoms with E-state index < -0.39 is 0 Å².